The lowest BCUT2D eigenvalue weighted by Crippen LogP contribution is -2.25. The molecule has 0 unspecified atom stereocenters. The number of nitriles is 1. The molecular formula is C21H19FN6O3. The van der Waals surface area contributed by atoms with Crippen LogP contribution in [0.5, 0.6) is 0 Å². The van der Waals surface area contributed by atoms with Gasteiger partial charge >= 0.3 is 0 Å². The zero-order chi connectivity index (χ0) is 21.9. The average molecular weight is 422 g/mol. The van der Waals surface area contributed by atoms with E-state index in [2.05, 4.69) is 15.1 Å². The van der Waals surface area contributed by atoms with Gasteiger partial charge in [0.25, 0.3) is 11.4 Å². The van der Waals surface area contributed by atoms with Gasteiger partial charge in [0.15, 0.2) is 5.69 Å². The number of hydrogen-bond donors (Lipinski definition) is 1. The van der Waals surface area contributed by atoms with Crippen molar-refractivity contribution in [3.05, 3.63) is 46.0 Å². The summed E-state index contributed by atoms with van der Waals surface area (Å²) in [5, 5.41) is 24.2. The molecular weight excluding hydrogens is 403 g/mol. The van der Waals surface area contributed by atoms with Gasteiger partial charge < -0.3 is 14.2 Å². The molecule has 4 aromatic rings. The molecule has 0 bridgehead atoms. The van der Waals surface area contributed by atoms with Crippen LogP contribution in [-0.4, -0.2) is 29.2 Å². The normalized spacial score (nSPS) is 15.9. The molecule has 0 aliphatic heterocycles. The number of aromatic nitrogens is 5. The smallest absolute Gasteiger partial charge is 0.279 e. The van der Waals surface area contributed by atoms with Crippen molar-refractivity contribution in [1.29, 1.82) is 5.26 Å². The first-order valence-corrected chi connectivity index (χ1v) is 10.1. The Morgan fingerprint density at radius 3 is 2.71 bits per heavy atom. The van der Waals surface area contributed by atoms with Gasteiger partial charge in [0.05, 0.1) is 11.0 Å². The van der Waals surface area contributed by atoms with Crippen molar-refractivity contribution in [2.45, 2.75) is 51.2 Å². The molecule has 0 radical (unpaired) electrons. The van der Waals surface area contributed by atoms with Crippen LogP contribution in [-0.2, 0) is 5.60 Å². The van der Waals surface area contributed by atoms with Gasteiger partial charge in [0.2, 0.25) is 5.82 Å². The minimum absolute atomic E-state index is 0.0206. The maximum absolute atomic E-state index is 14.3. The molecule has 1 aliphatic carbocycles. The quantitative estimate of drug-likeness (QED) is 0.538. The highest BCUT2D eigenvalue weighted by atomic mass is 19.1. The van der Waals surface area contributed by atoms with Crippen LogP contribution >= 0.6 is 0 Å². The third-order valence-electron chi connectivity index (χ3n) is 5.90. The molecule has 1 aliphatic rings. The Bertz CT molecular complexity index is 1440. The first-order valence-electron chi connectivity index (χ1n) is 10.1. The Hall–Kier alpha value is -3.58. The van der Waals surface area contributed by atoms with Crippen molar-refractivity contribution in [3.63, 3.8) is 0 Å². The van der Waals surface area contributed by atoms with Crippen LogP contribution in [0, 0.1) is 17.1 Å². The third kappa shape index (κ3) is 2.70. The molecule has 10 heteroatoms. The van der Waals surface area contributed by atoms with Crippen LogP contribution < -0.4 is 5.56 Å². The summed E-state index contributed by atoms with van der Waals surface area (Å²) in [7, 11) is 0. The molecule has 0 spiro atoms. The maximum atomic E-state index is 14.3. The molecule has 3 aromatic heterocycles. The molecule has 3 heterocycles. The Kier molecular flexibility index (Phi) is 4.20. The lowest BCUT2D eigenvalue weighted by molar-refractivity contribution is 0.0328. The highest BCUT2D eigenvalue weighted by molar-refractivity contribution is 5.87. The van der Waals surface area contributed by atoms with Crippen LogP contribution in [0.15, 0.2) is 27.8 Å². The largest absolute Gasteiger partial charge is 0.382 e. The Morgan fingerprint density at radius 1 is 1.29 bits per heavy atom. The molecule has 0 atom stereocenters. The van der Waals surface area contributed by atoms with Gasteiger partial charge in [-0.1, -0.05) is 5.16 Å². The van der Waals surface area contributed by atoms with Crippen LogP contribution in [0.2, 0.25) is 0 Å². The predicted octanol–water partition coefficient (Wildman–Crippen LogP) is 3.05. The van der Waals surface area contributed by atoms with E-state index in [1.54, 1.807) is 13.8 Å². The second-order valence-electron chi connectivity index (χ2n) is 8.14. The van der Waals surface area contributed by atoms with E-state index in [0.29, 0.717) is 18.4 Å². The number of benzene rings is 1. The summed E-state index contributed by atoms with van der Waals surface area (Å²) in [6, 6.07) is 4.21. The fraction of sp³-hybridized carbons (Fsp3) is 0.381. The molecule has 0 amide bonds. The van der Waals surface area contributed by atoms with E-state index in [1.807, 2.05) is 6.07 Å². The first-order chi connectivity index (χ1) is 14.9. The molecule has 158 valence electrons. The Labute approximate surface area is 175 Å². The van der Waals surface area contributed by atoms with Gasteiger partial charge in [-0.15, -0.1) is 0 Å². The summed E-state index contributed by atoms with van der Waals surface area (Å²) in [5.41, 5.74) is -0.809. The second-order valence-corrected chi connectivity index (χ2v) is 8.14. The summed E-state index contributed by atoms with van der Waals surface area (Å²) >= 11 is 0. The number of aliphatic hydroxyl groups is 1. The fourth-order valence-corrected chi connectivity index (χ4v) is 4.39. The van der Waals surface area contributed by atoms with Crippen LogP contribution in [0.25, 0.3) is 28.1 Å². The van der Waals surface area contributed by atoms with Crippen molar-refractivity contribution in [3.8, 4) is 17.7 Å². The fourth-order valence-electron chi connectivity index (χ4n) is 4.39. The van der Waals surface area contributed by atoms with Crippen molar-refractivity contribution in [2.75, 3.05) is 0 Å². The zero-order valence-corrected chi connectivity index (χ0v) is 17.0. The van der Waals surface area contributed by atoms with Gasteiger partial charge in [-0.3, -0.25) is 9.20 Å². The van der Waals surface area contributed by atoms with Crippen LogP contribution in [0.3, 0.4) is 0 Å². The molecule has 1 N–H and O–H groups in total. The van der Waals surface area contributed by atoms with E-state index in [1.165, 1.54) is 27.4 Å². The molecule has 1 fully saturated rings. The monoisotopic (exact) mass is 422 g/mol. The standard InChI is InChI=1S/C21H19FN6O3/c1-11(2)28-16-12(9-23)13(22)5-6-14(16)27-10-24-15(17(27)19(28)29)18-25-20(26-31-18)21(30)7-3-4-8-21/h5-6,10-11,30H,3-4,7-8H2,1-2H3. The van der Waals surface area contributed by atoms with Gasteiger partial charge in [-0.25, -0.2) is 9.37 Å². The minimum Gasteiger partial charge on any atom is -0.382 e. The van der Waals surface area contributed by atoms with Crippen molar-refractivity contribution in [2.24, 2.45) is 0 Å². The number of rotatable bonds is 3. The van der Waals surface area contributed by atoms with E-state index >= 15 is 0 Å². The van der Waals surface area contributed by atoms with Crippen molar-refractivity contribution < 1.29 is 14.0 Å². The SMILES string of the molecule is CC(C)n1c(=O)c2c(-c3nc(C4(O)CCCC4)no3)ncn2c2ccc(F)c(C#N)c21. The van der Waals surface area contributed by atoms with Crippen molar-refractivity contribution >= 4 is 16.6 Å². The topological polar surface area (TPSA) is 122 Å². The van der Waals surface area contributed by atoms with E-state index in [-0.39, 0.29) is 40.0 Å². The molecule has 1 aromatic carbocycles. The van der Waals surface area contributed by atoms with E-state index < -0.39 is 17.0 Å². The van der Waals surface area contributed by atoms with Gasteiger partial charge in [-0.2, -0.15) is 10.2 Å². The highest BCUT2D eigenvalue weighted by Crippen LogP contribution is 2.38. The third-order valence-corrected chi connectivity index (χ3v) is 5.90. The zero-order valence-electron chi connectivity index (χ0n) is 17.0. The van der Waals surface area contributed by atoms with E-state index in [9.17, 15) is 19.6 Å². The predicted molar refractivity (Wildman–Crippen MR) is 108 cm³/mol. The molecule has 1 saturated carbocycles. The van der Waals surface area contributed by atoms with Crippen LogP contribution in [0.4, 0.5) is 4.39 Å². The van der Waals surface area contributed by atoms with Gasteiger partial charge in [0, 0.05) is 6.04 Å². The maximum Gasteiger partial charge on any atom is 0.279 e. The molecule has 5 rings (SSSR count). The molecule has 31 heavy (non-hydrogen) atoms. The summed E-state index contributed by atoms with van der Waals surface area (Å²) in [4.78, 5) is 22.1. The lowest BCUT2D eigenvalue weighted by Gasteiger charge is -2.17. The van der Waals surface area contributed by atoms with Crippen molar-refractivity contribution in [1.82, 2.24) is 24.1 Å². The number of fused-ring (bicyclic) bond motifs is 3. The lowest BCUT2D eigenvalue weighted by atomic mass is 10.0. The number of halogens is 1. The summed E-state index contributed by atoms with van der Waals surface area (Å²) in [6.07, 6.45) is 4.24. The van der Waals surface area contributed by atoms with Gasteiger partial charge in [0.1, 0.15) is 34.9 Å². The summed E-state index contributed by atoms with van der Waals surface area (Å²) in [6.45, 7) is 3.56. The summed E-state index contributed by atoms with van der Waals surface area (Å²) in [5.74, 6) is -0.498. The highest BCUT2D eigenvalue weighted by Gasteiger charge is 2.38. The number of nitrogens with zero attached hydrogens (tertiary/aromatic N) is 6. The Morgan fingerprint density at radius 2 is 2.03 bits per heavy atom. The average Bonchev–Trinajstić information content (AvgIpc) is 3.47. The first kappa shape index (κ1) is 19.4. The van der Waals surface area contributed by atoms with Crippen LogP contribution in [0.1, 0.15) is 57.0 Å². The van der Waals surface area contributed by atoms with E-state index in [4.69, 9.17) is 4.52 Å². The molecule has 0 saturated heterocycles. The second kappa shape index (κ2) is 6.72. The molecule has 9 nitrogen and oxygen atoms in total. The summed E-state index contributed by atoms with van der Waals surface area (Å²) < 4.78 is 22.6. The number of imidazole rings is 1. The van der Waals surface area contributed by atoms with E-state index in [0.717, 1.165) is 12.8 Å². The van der Waals surface area contributed by atoms with Gasteiger partial charge in [-0.05, 0) is 51.7 Å². The Balaban J connectivity index is 1.81. The number of hydrogen-bond acceptors (Lipinski definition) is 7. The minimum atomic E-state index is -1.14.